The van der Waals surface area contributed by atoms with Crippen LogP contribution in [0.1, 0.15) is 15.9 Å². The number of fused-ring (bicyclic) bond motifs is 1. The summed E-state index contributed by atoms with van der Waals surface area (Å²) in [5.41, 5.74) is 2.02. The van der Waals surface area contributed by atoms with Gasteiger partial charge in [0.1, 0.15) is 0 Å². The number of nitrogens with zero attached hydrogens (tertiary/aromatic N) is 4. The van der Waals surface area contributed by atoms with Gasteiger partial charge in [-0.15, -0.1) is 0 Å². The van der Waals surface area contributed by atoms with E-state index < -0.39 is 0 Å². The standard InChI is InChI=1S/C17H22N4O2S/c1-19-8-14(6-18-19)17(22)21-3-4-23-16-11-20(9-15(16)10-21)7-13-2-5-24-12-13/h2,5-6,8,12,15-16H,3-4,7,9-11H2,1H3/t15-,16-/m1/s1. The fourth-order valence-corrected chi connectivity index (χ4v) is 4.31. The van der Waals surface area contributed by atoms with E-state index in [1.165, 1.54) is 5.56 Å². The monoisotopic (exact) mass is 346 g/mol. The molecule has 2 fully saturated rings. The van der Waals surface area contributed by atoms with Gasteiger partial charge in [0.15, 0.2) is 0 Å². The van der Waals surface area contributed by atoms with Crippen molar-refractivity contribution in [3.05, 3.63) is 40.3 Å². The molecule has 6 nitrogen and oxygen atoms in total. The molecule has 0 saturated carbocycles. The van der Waals surface area contributed by atoms with E-state index in [0.717, 1.165) is 26.2 Å². The van der Waals surface area contributed by atoms with Gasteiger partial charge in [0.2, 0.25) is 0 Å². The zero-order chi connectivity index (χ0) is 16.5. The largest absolute Gasteiger partial charge is 0.375 e. The molecule has 2 aromatic heterocycles. The van der Waals surface area contributed by atoms with E-state index in [2.05, 4.69) is 26.8 Å². The molecule has 4 heterocycles. The number of aryl methyl sites for hydroxylation is 1. The van der Waals surface area contributed by atoms with Crippen molar-refractivity contribution < 1.29 is 9.53 Å². The first-order valence-corrected chi connectivity index (χ1v) is 9.26. The second-order valence-electron chi connectivity index (χ2n) is 6.65. The summed E-state index contributed by atoms with van der Waals surface area (Å²) in [6.07, 6.45) is 3.65. The summed E-state index contributed by atoms with van der Waals surface area (Å²) in [5.74, 6) is 0.440. The minimum absolute atomic E-state index is 0.0589. The molecule has 24 heavy (non-hydrogen) atoms. The van der Waals surface area contributed by atoms with Gasteiger partial charge in [-0.05, 0) is 22.4 Å². The molecule has 1 amide bonds. The smallest absolute Gasteiger partial charge is 0.257 e. The fourth-order valence-electron chi connectivity index (χ4n) is 3.65. The molecule has 128 valence electrons. The molecular weight excluding hydrogens is 324 g/mol. The number of amides is 1. The summed E-state index contributed by atoms with van der Waals surface area (Å²) in [6, 6.07) is 2.18. The van der Waals surface area contributed by atoms with E-state index in [-0.39, 0.29) is 12.0 Å². The number of carbonyl (C=O) groups excluding carboxylic acids is 1. The van der Waals surface area contributed by atoms with Gasteiger partial charge in [-0.3, -0.25) is 14.4 Å². The zero-order valence-corrected chi connectivity index (χ0v) is 14.6. The highest BCUT2D eigenvalue weighted by Gasteiger charge is 2.37. The van der Waals surface area contributed by atoms with E-state index in [9.17, 15) is 4.79 Å². The Labute approximate surface area is 145 Å². The van der Waals surface area contributed by atoms with Crippen LogP contribution in [0.4, 0.5) is 0 Å². The number of ether oxygens (including phenoxy) is 1. The van der Waals surface area contributed by atoms with Crippen LogP contribution < -0.4 is 0 Å². The summed E-state index contributed by atoms with van der Waals surface area (Å²) >= 11 is 1.74. The summed E-state index contributed by atoms with van der Waals surface area (Å²) in [5, 5.41) is 8.43. The van der Waals surface area contributed by atoms with E-state index in [1.807, 2.05) is 11.9 Å². The number of carbonyl (C=O) groups is 1. The molecule has 0 radical (unpaired) electrons. The highest BCUT2D eigenvalue weighted by molar-refractivity contribution is 7.07. The van der Waals surface area contributed by atoms with Crippen molar-refractivity contribution in [3.63, 3.8) is 0 Å². The Hall–Kier alpha value is -1.70. The van der Waals surface area contributed by atoms with E-state index >= 15 is 0 Å². The molecular formula is C17H22N4O2S. The first-order chi connectivity index (χ1) is 11.7. The number of hydrogen-bond acceptors (Lipinski definition) is 5. The molecule has 2 atom stereocenters. The minimum Gasteiger partial charge on any atom is -0.375 e. The first-order valence-electron chi connectivity index (χ1n) is 8.32. The molecule has 2 saturated heterocycles. The van der Waals surface area contributed by atoms with Gasteiger partial charge < -0.3 is 9.64 Å². The van der Waals surface area contributed by atoms with Crippen molar-refractivity contribution >= 4 is 17.2 Å². The quantitative estimate of drug-likeness (QED) is 0.844. The molecule has 0 unspecified atom stereocenters. The maximum Gasteiger partial charge on any atom is 0.257 e. The second kappa shape index (κ2) is 6.66. The summed E-state index contributed by atoms with van der Waals surface area (Å²) in [6.45, 7) is 4.94. The van der Waals surface area contributed by atoms with Gasteiger partial charge in [-0.1, -0.05) is 0 Å². The number of rotatable bonds is 3. The minimum atomic E-state index is 0.0589. The Morgan fingerprint density at radius 3 is 3.08 bits per heavy atom. The zero-order valence-electron chi connectivity index (χ0n) is 13.8. The lowest BCUT2D eigenvalue weighted by Gasteiger charge is -2.23. The number of likely N-dealkylation sites (tertiary alicyclic amines) is 1. The molecule has 2 aliphatic rings. The second-order valence-corrected chi connectivity index (χ2v) is 7.43. The van der Waals surface area contributed by atoms with Crippen molar-refractivity contribution in [2.75, 3.05) is 32.8 Å². The average molecular weight is 346 g/mol. The normalized spacial score (nSPS) is 24.8. The van der Waals surface area contributed by atoms with Crippen molar-refractivity contribution in [1.29, 1.82) is 0 Å². The van der Waals surface area contributed by atoms with Crippen molar-refractivity contribution in [1.82, 2.24) is 19.6 Å². The average Bonchev–Trinajstić information content (AvgIpc) is 3.27. The number of hydrogen-bond donors (Lipinski definition) is 0. The van der Waals surface area contributed by atoms with Gasteiger partial charge in [0.25, 0.3) is 5.91 Å². The van der Waals surface area contributed by atoms with Crippen LogP contribution in [-0.4, -0.2) is 64.4 Å². The van der Waals surface area contributed by atoms with Gasteiger partial charge in [-0.2, -0.15) is 16.4 Å². The predicted octanol–water partition coefficient (Wildman–Crippen LogP) is 1.45. The predicted molar refractivity (Wildman–Crippen MR) is 91.9 cm³/mol. The first kappa shape index (κ1) is 15.8. The highest BCUT2D eigenvalue weighted by Crippen LogP contribution is 2.26. The Bertz CT molecular complexity index is 699. The van der Waals surface area contributed by atoms with E-state index in [4.69, 9.17) is 4.74 Å². The Balaban J connectivity index is 1.41. The Kier molecular flexibility index (Phi) is 4.39. The molecule has 4 rings (SSSR count). The van der Waals surface area contributed by atoms with Crippen molar-refractivity contribution in [3.8, 4) is 0 Å². The lowest BCUT2D eigenvalue weighted by atomic mass is 10.1. The van der Waals surface area contributed by atoms with Crippen LogP contribution in [-0.2, 0) is 18.3 Å². The third kappa shape index (κ3) is 3.24. The van der Waals surface area contributed by atoms with Crippen molar-refractivity contribution in [2.24, 2.45) is 13.0 Å². The van der Waals surface area contributed by atoms with Crippen LogP contribution in [0.25, 0.3) is 0 Å². The summed E-state index contributed by atoms with van der Waals surface area (Å²) in [7, 11) is 1.83. The topological polar surface area (TPSA) is 50.6 Å². The Morgan fingerprint density at radius 1 is 1.42 bits per heavy atom. The van der Waals surface area contributed by atoms with Crippen LogP contribution in [0.3, 0.4) is 0 Å². The van der Waals surface area contributed by atoms with E-state index in [0.29, 0.717) is 24.6 Å². The Morgan fingerprint density at radius 2 is 2.33 bits per heavy atom. The molecule has 0 aliphatic carbocycles. The molecule has 0 spiro atoms. The lowest BCUT2D eigenvalue weighted by Crippen LogP contribution is -2.37. The van der Waals surface area contributed by atoms with Crippen LogP contribution in [0, 0.1) is 5.92 Å². The third-order valence-electron chi connectivity index (χ3n) is 4.83. The molecule has 2 aromatic rings. The van der Waals surface area contributed by atoms with Gasteiger partial charge >= 0.3 is 0 Å². The molecule has 0 bridgehead atoms. The molecule has 0 N–H and O–H groups in total. The van der Waals surface area contributed by atoms with Gasteiger partial charge in [-0.25, -0.2) is 0 Å². The van der Waals surface area contributed by atoms with Crippen LogP contribution >= 0.6 is 11.3 Å². The summed E-state index contributed by atoms with van der Waals surface area (Å²) in [4.78, 5) is 17.1. The maximum atomic E-state index is 12.7. The molecule has 2 aliphatic heterocycles. The fraction of sp³-hybridized carbons (Fsp3) is 0.529. The van der Waals surface area contributed by atoms with Crippen LogP contribution in [0.15, 0.2) is 29.2 Å². The van der Waals surface area contributed by atoms with Gasteiger partial charge in [0, 0.05) is 51.9 Å². The van der Waals surface area contributed by atoms with Gasteiger partial charge in [0.05, 0.1) is 24.5 Å². The maximum absolute atomic E-state index is 12.7. The highest BCUT2D eigenvalue weighted by atomic mass is 32.1. The van der Waals surface area contributed by atoms with Crippen molar-refractivity contribution in [2.45, 2.75) is 12.6 Å². The van der Waals surface area contributed by atoms with Crippen LogP contribution in [0.5, 0.6) is 0 Å². The van der Waals surface area contributed by atoms with E-state index in [1.54, 1.807) is 28.4 Å². The lowest BCUT2D eigenvalue weighted by molar-refractivity contribution is 0.0501. The number of aromatic nitrogens is 2. The third-order valence-corrected chi connectivity index (χ3v) is 5.56. The number of thiophene rings is 1. The molecule has 0 aromatic carbocycles. The SMILES string of the molecule is Cn1cc(C(=O)N2CCO[C@@H]3CN(Cc4ccsc4)C[C@@H]3C2)cn1. The summed E-state index contributed by atoms with van der Waals surface area (Å²) < 4.78 is 7.71. The molecule has 7 heteroatoms. The van der Waals surface area contributed by atoms with Crippen LogP contribution in [0.2, 0.25) is 0 Å².